The van der Waals surface area contributed by atoms with Gasteiger partial charge in [0.25, 0.3) is 0 Å². The van der Waals surface area contributed by atoms with Crippen molar-refractivity contribution in [1.29, 1.82) is 0 Å². The minimum absolute atomic E-state index is 0.619. The third-order valence-corrected chi connectivity index (χ3v) is 3.18. The van der Waals surface area contributed by atoms with Gasteiger partial charge in [0.05, 0.1) is 0 Å². The van der Waals surface area contributed by atoms with Crippen LogP contribution in [-0.4, -0.2) is 6.54 Å². The molecule has 2 rings (SSSR count). The molecule has 0 aliphatic heterocycles. The number of hydrogen-bond acceptors (Lipinski definition) is 1. The molecule has 15 heavy (non-hydrogen) atoms. The van der Waals surface area contributed by atoms with E-state index in [1.807, 2.05) is 6.08 Å². The summed E-state index contributed by atoms with van der Waals surface area (Å²) in [7, 11) is 0. The van der Waals surface area contributed by atoms with E-state index in [-0.39, 0.29) is 0 Å². The highest BCUT2D eigenvalue weighted by Crippen LogP contribution is 2.34. The maximum absolute atomic E-state index is 5.45. The van der Waals surface area contributed by atoms with Gasteiger partial charge in [-0.2, -0.15) is 0 Å². The molecule has 2 N–H and O–H groups in total. The van der Waals surface area contributed by atoms with E-state index in [1.54, 1.807) is 0 Å². The first kappa shape index (κ1) is 10.4. The fourth-order valence-electron chi connectivity index (χ4n) is 2.38. The second-order valence-electron chi connectivity index (χ2n) is 4.29. The summed E-state index contributed by atoms with van der Waals surface area (Å²) in [6.45, 7) is 0.619. The molecule has 1 aliphatic rings. The number of hydrogen-bond donors (Lipinski definition) is 1. The van der Waals surface area contributed by atoms with Gasteiger partial charge in [-0.15, -0.1) is 0 Å². The van der Waals surface area contributed by atoms with Crippen LogP contribution in [-0.2, 0) is 0 Å². The molecule has 1 aliphatic carbocycles. The van der Waals surface area contributed by atoms with E-state index in [1.165, 1.54) is 36.8 Å². The zero-order valence-corrected chi connectivity index (χ0v) is 9.15. The van der Waals surface area contributed by atoms with Crippen LogP contribution in [0.5, 0.6) is 0 Å². The van der Waals surface area contributed by atoms with Gasteiger partial charge in [0.2, 0.25) is 0 Å². The predicted octanol–water partition coefficient (Wildman–Crippen LogP) is 3.32. The lowest BCUT2D eigenvalue weighted by Gasteiger charge is -2.09. The van der Waals surface area contributed by atoms with E-state index in [4.69, 9.17) is 5.73 Å². The molecule has 0 radical (unpaired) electrons. The van der Waals surface area contributed by atoms with Crippen molar-refractivity contribution in [1.82, 2.24) is 0 Å². The highest BCUT2D eigenvalue weighted by atomic mass is 14.5. The molecule has 0 atom stereocenters. The number of nitrogens with two attached hydrogens (primary N) is 1. The van der Waals surface area contributed by atoms with Crippen LogP contribution in [0.4, 0.5) is 0 Å². The Morgan fingerprint density at radius 1 is 1.27 bits per heavy atom. The Bertz CT molecular complexity index is 335. The summed E-state index contributed by atoms with van der Waals surface area (Å²) in [4.78, 5) is 0. The summed E-state index contributed by atoms with van der Waals surface area (Å²) in [6.07, 6.45) is 9.64. The average molecular weight is 201 g/mol. The van der Waals surface area contributed by atoms with E-state index in [0.717, 1.165) is 5.92 Å². The smallest absolute Gasteiger partial charge is 0.0110 e. The monoisotopic (exact) mass is 201 g/mol. The van der Waals surface area contributed by atoms with Gasteiger partial charge >= 0.3 is 0 Å². The molecule has 0 bridgehead atoms. The molecule has 0 amide bonds. The second kappa shape index (κ2) is 5.13. The lowest BCUT2D eigenvalue weighted by molar-refractivity contribution is 0.723. The predicted molar refractivity (Wildman–Crippen MR) is 65.7 cm³/mol. The van der Waals surface area contributed by atoms with Gasteiger partial charge in [-0.1, -0.05) is 49.3 Å². The Kier molecular flexibility index (Phi) is 3.57. The van der Waals surface area contributed by atoms with Gasteiger partial charge in [-0.25, -0.2) is 0 Å². The Hall–Kier alpha value is -1.08. The standard InChI is InChI=1S/C14H19N/c15-10-4-6-12-5-3-9-14(11-12)13-7-1-2-8-13/h3-6,9,11,13H,1-2,7-8,10,15H2/b6-4+. The van der Waals surface area contributed by atoms with Gasteiger partial charge in [0.15, 0.2) is 0 Å². The summed E-state index contributed by atoms with van der Waals surface area (Å²) in [5, 5.41) is 0. The molecule has 1 heteroatoms. The van der Waals surface area contributed by atoms with E-state index in [0.29, 0.717) is 6.54 Å². The van der Waals surface area contributed by atoms with Crippen LogP contribution >= 0.6 is 0 Å². The van der Waals surface area contributed by atoms with Crippen LogP contribution in [0.25, 0.3) is 6.08 Å². The van der Waals surface area contributed by atoms with Crippen LogP contribution < -0.4 is 5.73 Å². The molecule has 0 unspecified atom stereocenters. The van der Waals surface area contributed by atoms with Gasteiger partial charge in [0, 0.05) is 6.54 Å². The van der Waals surface area contributed by atoms with Crippen LogP contribution in [0.1, 0.15) is 42.7 Å². The molecule has 1 saturated carbocycles. The van der Waals surface area contributed by atoms with Gasteiger partial charge in [-0.3, -0.25) is 0 Å². The molecule has 0 heterocycles. The van der Waals surface area contributed by atoms with Crippen molar-refractivity contribution < 1.29 is 0 Å². The zero-order valence-electron chi connectivity index (χ0n) is 9.15. The summed E-state index contributed by atoms with van der Waals surface area (Å²) >= 11 is 0. The first-order chi connectivity index (χ1) is 7.40. The van der Waals surface area contributed by atoms with Gasteiger partial charge in [-0.05, 0) is 29.9 Å². The van der Waals surface area contributed by atoms with E-state index < -0.39 is 0 Å². The molecular weight excluding hydrogens is 182 g/mol. The molecular formula is C14H19N. The molecule has 1 aromatic rings. The molecule has 80 valence electrons. The maximum atomic E-state index is 5.45. The fourth-order valence-corrected chi connectivity index (χ4v) is 2.38. The Balaban J connectivity index is 2.14. The molecule has 1 aromatic carbocycles. The first-order valence-electron chi connectivity index (χ1n) is 5.87. The van der Waals surface area contributed by atoms with Crippen molar-refractivity contribution in [3.8, 4) is 0 Å². The van der Waals surface area contributed by atoms with Crippen LogP contribution in [0.15, 0.2) is 30.3 Å². The second-order valence-corrected chi connectivity index (χ2v) is 4.29. The molecule has 0 saturated heterocycles. The van der Waals surface area contributed by atoms with E-state index >= 15 is 0 Å². The first-order valence-corrected chi connectivity index (χ1v) is 5.87. The van der Waals surface area contributed by atoms with Crippen molar-refractivity contribution >= 4 is 6.08 Å². The summed E-state index contributed by atoms with van der Waals surface area (Å²) < 4.78 is 0. The van der Waals surface area contributed by atoms with Crippen LogP contribution in [0, 0.1) is 0 Å². The highest BCUT2D eigenvalue weighted by molar-refractivity contribution is 5.50. The average Bonchev–Trinajstić information content (AvgIpc) is 2.80. The van der Waals surface area contributed by atoms with Crippen molar-refractivity contribution in [3.63, 3.8) is 0 Å². The highest BCUT2D eigenvalue weighted by Gasteiger charge is 2.16. The number of rotatable bonds is 3. The maximum Gasteiger partial charge on any atom is 0.0110 e. The quantitative estimate of drug-likeness (QED) is 0.797. The van der Waals surface area contributed by atoms with Crippen LogP contribution in [0.2, 0.25) is 0 Å². The molecule has 0 spiro atoms. The summed E-state index contributed by atoms with van der Waals surface area (Å²) in [5.74, 6) is 0.802. The van der Waals surface area contributed by atoms with Crippen molar-refractivity contribution in [2.75, 3.05) is 6.54 Å². The summed E-state index contributed by atoms with van der Waals surface area (Å²) in [5.41, 5.74) is 8.24. The Morgan fingerprint density at radius 2 is 2.07 bits per heavy atom. The largest absolute Gasteiger partial charge is 0.327 e. The SMILES string of the molecule is NC/C=C/c1cccc(C2CCCC2)c1. The van der Waals surface area contributed by atoms with Crippen molar-refractivity contribution in [3.05, 3.63) is 41.5 Å². The summed E-state index contributed by atoms with van der Waals surface area (Å²) in [6, 6.07) is 8.87. The fraction of sp³-hybridized carbons (Fsp3) is 0.429. The van der Waals surface area contributed by atoms with Crippen molar-refractivity contribution in [2.45, 2.75) is 31.6 Å². The topological polar surface area (TPSA) is 26.0 Å². The van der Waals surface area contributed by atoms with Gasteiger partial charge < -0.3 is 5.73 Å². The zero-order chi connectivity index (χ0) is 10.5. The van der Waals surface area contributed by atoms with E-state index in [2.05, 4.69) is 30.3 Å². The van der Waals surface area contributed by atoms with Crippen LogP contribution in [0.3, 0.4) is 0 Å². The Labute approximate surface area is 92.0 Å². The minimum Gasteiger partial charge on any atom is -0.327 e. The molecule has 1 fully saturated rings. The minimum atomic E-state index is 0.619. The molecule has 1 nitrogen and oxygen atoms in total. The molecule has 0 aromatic heterocycles. The lowest BCUT2D eigenvalue weighted by atomic mass is 9.96. The van der Waals surface area contributed by atoms with E-state index in [9.17, 15) is 0 Å². The normalized spacial score (nSPS) is 17.7. The van der Waals surface area contributed by atoms with Crippen molar-refractivity contribution in [2.24, 2.45) is 5.73 Å². The Morgan fingerprint density at radius 3 is 2.80 bits per heavy atom. The third kappa shape index (κ3) is 2.69. The van der Waals surface area contributed by atoms with Gasteiger partial charge in [0.1, 0.15) is 0 Å². The third-order valence-electron chi connectivity index (χ3n) is 3.18. The number of benzene rings is 1. The lowest BCUT2D eigenvalue weighted by Crippen LogP contribution is -1.93.